The normalized spacial score (nSPS) is 17.7. The monoisotopic (exact) mass is 126 g/mol. The van der Waals surface area contributed by atoms with Crippen molar-refractivity contribution in [3.63, 3.8) is 0 Å². The minimum absolute atomic E-state index is 0.232. The van der Waals surface area contributed by atoms with E-state index in [9.17, 15) is 4.79 Å². The number of carbonyl (C=O) groups is 1. The summed E-state index contributed by atoms with van der Waals surface area (Å²) in [5.41, 5.74) is 1.10. The molecule has 0 bridgehead atoms. The van der Waals surface area contributed by atoms with Crippen LogP contribution in [0.5, 0.6) is 0 Å². The first-order valence-electron chi connectivity index (χ1n) is 3.30. The molecular formula is C7H11NO. The van der Waals surface area contributed by atoms with Crippen LogP contribution in [0.2, 0.25) is 0 Å². The molecule has 2 heteroatoms. The van der Waals surface area contributed by atoms with E-state index in [2.05, 4.69) is 4.99 Å². The Morgan fingerprint density at radius 2 is 2.56 bits per heavy atom. The third-order valence-electron chi connectivity index (χ3n) is 1.41. The number of ketones is 1. The lowest BCUT2D eigenvalue weighted by Gasteiger charge is -1.91. The Morgan fingerprint density at radius 1 is 1.78 bits per heavy atom. The number of hydrogen-bond acceptors (Lipinski definition) is 2. The zero-order chi connectivity index (χ0) is 6.69. The molecule has 1 aliphatic rings. The first-order valence-corrected chi connectivity index (χ1v) is 3.30. The summed E-state index contributed by atoms with van der Waals surface area (Å²) in [6.07, 6.45) is 2.77. The number of Topliss-reactive ketones (excluding diaryl/α,β-unsaturated/α-hetero) is 1. The predicted octanol–water partition coefficient (Wildman–Crippen LogP) is 1.20. The first kappa shape index (κ1) is 6.46. The van der Waals surface area contributed by atoms with Crippen molar-refractivity contribution in [2.75, 3.05) is 6.54 Å². The number of hydrogen-bond donors (Lipinski definition) is 0. The molecule has 0 aromatic carbocycles. The molecule has 0 unspecified atom stereocenters. The van der Waals surface area contributed by atoms with Gasteiger partial charge in [-0.25, -0.2) is 0 Å². The highest BCUT2D eigenvalue weighted by Crippen LogP contribution is 2.06. The third-order valence-corrected chi connectivity index (χ3v) is 1.41. The molecule has 0 N–H and O–H groups in total. The third kappa shape index (κ3) is 1.96. The summed E-state index contributed by atoms with van der Waals surface area (Å²) in [6, 6.07) is 0. The highest BCUT2D eigenvalue weighted by molar-refractivity contribution is 6.01. The Morgan fingerprint density at radius 3 is 3.00 bits per heavy atom. The number of aliphatic imine (C=N–C) groups is 1. The van der Waals surface area contributed by atoms with Crippen LogP contribution in [0.25, 0.3) is 0 Å². The van der Waals surface area contributed by atoms with E-state index in [4.69, 9.17) is 0 Å². The molecule has 0 saturated carbocycles. The maximum absolute atomic E-state index is 10.5. The van der Waals surface area contributed by atoms with Crippen LogP contribution in [0.1, 0.15) is 26.2 Å². The lowest BCUT2D eigenvalue weighted by Crippen LogP contribution is -2.00. The van der Waals surface area contributed by atoms with E-state index in [1.54, 1.807) is 6.92 Å². The van der Waals surface area contributed by atoms with Gasteiger partial charge in [0.05, 0.1) is 0 Å². The number of carbonyl (C=O) groups excluding carboxylic acids is 1. The molecule has 2 nitrogen and oxygen atoms in total. The lowest BCUT2D eigenvalue weighted by molar-refractivity contribution is -0.115. The molecule has 0 saturated heterocycles. The van der Waals surface area contributed by atoms with E-state index in [1.165, 1.54) is 0 Å². The van der Waals surface area contributed by atoms with Gasteiger partial charge in [-0.05, 0) is 19.8 Å². The van der Waals surface area contributed by atoms with Crippen molar-refractivity contribution in [2.45, 2.75) is 26.2 Å². The summed E-state index contributed by atoms with van der Waals surface area (Å²) in [6.45, 7) is 2.55. The lowest BCUT2D eigenvalue weighted by atomic mass is 10.2. The number of nitrogens with zero attached hydrogens (tertiary/aromatic N) is 1. The van der Waals surface area contributed by atoms with Crippen molar-refractivity contribution in [1.82, 2.24) is 0 Å². The van der Waals surface area contributed by atoms with Crippen LogP contribution in [0.4, 0.5) is 0 Å². The summed E-state index contributed by atoms with van der Waals surface area (Å²) < 4.78 is 0. The fourth-order valence-corrected chi connectivity index (χ4v) is 1.03. The van der Waals surface area contributed by atoms with Crippen molar-refractivity contribution in [1.29, 1.82) is 0 Å². The highest BCUT2D eigenvalue weighted by atomic mass is 16.2. The van der Waals surface area contributed by atoms with Crippen molar-refractivity contribution in [3.8, 4) is 0 Å². The topological polar surface area (TPSA) is 29.4 Å². The maximum atomic E-state index is 10.5. The van der Waals surface area contributed by atoms with Crippen molar-refractivity contribution in [2.24, 2.45) is 4.99 Å². The minimum Gasteiger partial charge on any atom is -0.300 e. The molecule has 1 rings (SSSR count). The maximum Gasteiger partial charge on any atom is 0.135 e. The van der Waals surface area contributed by atoms with Crippen molar-refractivity contribution < 1.29 is 4.79 Å². The average molecular weight is 126 g/mol. The van der Waals surface area contributed by atoms with Crippen LogP contribution in [0.15, 0.2) is 4.99 Å². The summed E-state index contributed by atoms with van der Waals surface area (Å²) >= 11 is 0. The second-order valence-electron chi connectivity index (χ2n) is 2.43. The van der Waals surface area contributed by atoms with E-state index >= 15 is 0 Å². The van der Waals surface area contributed by atoms with Gasteiger partial charge in [0.2, 0.25) is 0 Å². The van der Waals surface area contributed by atoms with Crippen LogP contribution in [0, 0.1) is 0 Å². The molecule has 0 fully saturated rings. The molecule has 0 aliphatic carbocycles. The zero-order valence-corrected chi connectivity index (χ0v) is 5.68. The Labute approximate surface area is 55.0 Å². The quantitative estimate of drug-likeness (QED) is 0.511. The smallest absolute Gasteiger partial charge is 0.135 e. The Hall–Kier alpha value is -0.660. The summed E-state index contributed by atoms with van der Waals surface area (Å²) in [5, 5.41) is 0. The molecular weight excluding hydrogens is 115 g/mol. The van der Waals surface area contributed by atoms with E-state index < -0.39 is 0 Å². The van der Waals surface area contributed by atoms with Gasteiger partial charge in [0.25, 0.3) is 0 Å². The molecule has 1 aliphatic heterocycles. The standard InChI is InChI=1S/C7H11NO/c1-6(9)5-7-3-2-4-8-7/h2-5H2,1H3/i6+1. The predicted molar refractivity (Wildman–Crippen MR) is 36.8 cm³/mol. The Kier molecular flexibility index (Phi) is 1.98. The molecule has 0 aromatic heterocycles. The first-order chi connectivity index (χ1) is 4.29. The molecule has 0 spiro atoms. The molecule has 0 aromatic rings. The molecule has 1 heterocycles. The van der Waals surface area contributed by atoms with Crippen LogP contribution >= 0.6 is 0 Å². The van der Waals surface area contributed by atoms with Gasteiger partial charge in [0.15, 0.2) is 0 Å². The average Bonchev–Trinajstić information content (AvgIpc) is 2.15. The number of rotatable bonds is 2. The fraction of sp³-hybridized carbons (Fsp3) is 0.714. The van der Waals surface area contributed by atoms with E-state index in [0.29, 0.717) is 6.42 Å². The summed E-state index contributed by atoms with van der Waals surface area (Å²) in [4.78, 5) is 14.7. The Balaban J connectivity index is 2.35. The van der Waals surface area contributed by atoms with Crippen molar-refractivity contribution >= 4 is 11.5 Å². The van der Waals surface area contributed by atoms with Crippen LogP contribution < -0.4 is 0 Å². The van der Waals surface area contributed by atoms with Gasteiger partial charge in [0, 0.05) is 18.7 Å². The van der Waals surface area contributed by atoms with E-state index in [1.807, 2.05) is 0 Å². The van der Waals surface area contributed by atoms with Gasteiger partial charge in [-0.15, -0.1) is 0 Å². The van der Waals surface area contributed by atoms with Gasteiger partial charge >= 0.3 is 0 Å². The van der Waals surface area contributed by atoms with Gasteiger partial charge in [-0.1, -0.05) is 0 Å². The SMILES string of the molecule is C[13C](=O)CC1=NCCC1. The minimum atomic E-state index is 0.232. The second-order valence-corrected chi connectivity index (χ2v) is 2.43. The van der Waals surface area contributed by atoms with Gasteiger partial charge in [0.1, 0.15) is 5.78 Å². The summed E-state index contributed by atoms with van der Waals surface area (Å²) in [5.74, 6) is 0.232. The van der Waals surface area contributed by atoms with Gasteiger partial charge < -0.3 is 0 Å². The highest BCUT2D eigenvalue weighted by Gasteiger charge is 2.07. The van der Waals surface area contributed by atoms with Crippen LogP contribution in [-0.2, 0) is 4.79 Å². The fourth-order valence-electron chi connectivity index (χ4n) is 1.03. The molecule has 9 heavy (non-hydrogen) atoms. The molecule has 0 amide bonds. The van der Waals surface area contributed by atoms with Crippen LogP contribution in [0.3, 0.4) is 0 Å². The summed E-state index contributed by atoms with van der Waals surface area (Å²) in [7, 11) is 0. The Bertz CT molecular complexity index is 149. The van der Waals surface area contributed by atoms with E-state index in [0.717, 1.165) is 25.1 Å². The molecule has 50 valence electrons. The van der Waals surface area contributed by atoms with Crippen LogP contribution in [-0.4, -0.2) is 18.0 Å². The second kappa shape index (κ2) is 2.76. The zero-order valence-electron chi connectivity index (χ0n) is 5.68. The largest absolute Gasteiger partial charge is 0.300 e. The van der Waals surface area contributed by atoms with Crippen molar-refractivity contribution in [3.05, 3.63) is 0 Å². The van der Waals surface area contributed by atoms with Gasteiger partial charge in [-0.2, -0.15) is 0 Å². The van der Waals surface area contributed by atoms with E-state index in [-0.39, 0.29) is 5.78 Å². The molecule has 0 radical (unpaired) electrons. The van der Waals surface area contributed by atoms with Gasteiger partial charge in [-0.3, -0.25) is 9.79 Å². The molecule has 0 atom stereocenters.